The van der Waals surface area contributed by atoms with E-state index >= 15 is 0 Å². The molecule has 0 saturated heterocycles. The fraction of sp³-hybridized carbons (Fsp3) is 0.185. The van der Waals surface area contributed by atoms with Crippen molar-refractivity contribution in [2.75, 3.05) is 5.32 Å². The summed E-state index contributed by atoms with van der Waals surface area (Å²) in [6.07, 6.45) is 2.72. The summed E-state index contributed by atoms with van der Waals surface area (Å²) >= 11 is 0. The van der Waals surface area contributed by atoms with Crippen molar-refractivity contribution in [1.82, 2.24) is 4.57 Å². The van der Waals surface area contributed by atoms with E-state index in [0.29, 0.717) is 17.6 Å². The fourth-order valence-corrected chi connectivity index (χ4v) is 5.25. The third-order valence-electron chi connectivity index (χ3n) is 5.89. The second kappa shape index (κ2) is 9.84. The molecule has 0 atom stereocenters. The number of benzene rings is 3. The number of hydrogen-bond acceptors (Lipinski definition) is 4. The van der Waals surface area contributed by atoms with Gasteiger partial charge in [0, 0.05) is 17.3 Å². The zero-order chi connectivity index (χ0) is 25.2. The summed E-state index contributed by atoms with van der Waals surface area (Å²) < 4.78 is 41.5. The van der Waals surface area contributed by atoms with E-state index in [0.717, 1.165) is 41.8 Å². The molecule has 1 aromatic heterocycles. The topological polar surface area (TPSA) is 85.2 Å². The fourth-order valence-electron chi connectivity index (χ4n) is 3.88. The standard InChI is InChI=1S/C27H25FN2O4S/c1-3-18-5-10-21(11-6-18)29-26(31)17-30-16-25(35(33,34)22-12-8-20(28)9-13-22)27(32)23-15-19(4-2)7-14-24(23)30/h5-16H,3-4,17H2,1-2H3,(H,29,31). The maximum Gasteiger partial charge on any atom is 0.244 e. The van der Waals surface area contributed by atoms with Crippen molar-refractivity contribution >= 4 is 32.3 Å². The number of fused-ring (bicyclic) bond motifs is 1. The normalized spacial score (nSPS) is 11.5. The molecule has 0 bridgehead atoms. The second-order valence-corrected chi connectivity index (χ2v) is 10.1. The van der Waals surface area contributed by atoms with E-state index in [4.69, 9.17) is 0 Å². The first-order valence-electron chi connectivity index (χ1n) is 11.3. The Bertz CT molecular complexity index is 1560. The number of aryl methyl sites for hydroxylation is 2. The number of pyridine rings is 1. The molecule has 1 heterocycles. The Morgan fingerprint density at radius 2 is 1.54 bits per heavy atom. The number of sulfone groups is 1. The molecule has 0 spiro atoms. The first-order valence-corrected chi connectivity index (χ1v) is 12.8. The first kappa shape index (κ1) is 24.3. The van der Waals surface area contributed by atoms with Gasteiger partial charge in [0.15, 0.2) is 0 Å². The average molecular weight is 493 g/mol. The van der Waals surface area contributed by atoms with Crippen LogP contribution in [0.4, 0.5) is 10.1 Å². The molecule has 1 N–H and O–H groups in total. The molecule has 3 aromatic carbocycles. The predicted octanol–water partition coefficient (Wildman–Crippen LogP) is 4.74. The Balaban J connectivity index is 1.80. The quantitative estimate of drug-likeness (QED) is 0.378. The summed E-state index contributed by atoms with van der Waals surface area (Å²) in [4.78, 5) is 25.5. The summed E-state index contributed by atoms with van der Waals surface area (Å²) in [5, 5.41) is 3.01. The highest BCUT2D eigenvalue weighted by molar-refractivity contribution is 7.91. The van der Waals surface area contributed by atoms with E-state index in [-0.39, 0.29) is 22.7 Å². The van der Waals surface area contributed by atoms with Crippen molar-refractivity contribution in [3.05, 3.63) is 100 Å². The number of anilines is 1. The molecule has 8 heteroatoms. The van der Waals surface area contributed by atoms with Gasteiger partial charge in [-0.3, -0.25) is 9.59 Å². The van der Waals surface area contributed by atoms with Crippen LogP contribution in [0.25, 0.3) is 10.9 Å². The van der Waals surface area contributed by atoms with Crippen LogP contribution in [0, 0.1) is 5.82 Å². The van der Waals surface area contributed by atoms with Gasteiger partial charge >= 0.3 is 0 Å². The molecule has 0 aliphatic rings. The molecule has 0 radical (unpaired) electrons. The lowest BCUT2D eigenvalue weighted by atomic mass is 10.1. The van der Waals surface area contributed by atoms with Crippen LogP contribution in [-0.2, 0) is 34.0 Å². The number of aromatic nitrogens is 1. The summed E-state index contributed by atoms with van der Waals surface area (Å²) in [7, 11) is -4.25. The van der Waals surface area contributed by atoms with Crippen LogP contribution >= 0.6 is 0 Å². The van der Waals surface area contributed by atoms with E-state index < -0.39 is 26.0 Å². The summed E-state index contributed by atoms with van der Waals surface area (Å²) in [6.45, 7) is 3.76. The number of nitrogens with one attached hydrogen (secondary N) is 1. The summed E-state index contributed by atoms with van der Waals surface area (Å²) in [5.74, 6) is -0.958. The van der Waals surface area contributed by atoms with E-state index in [1.165, 1.54) is 10.8 Å². The Morgan fingerprint density at radius 1 is 0.914 bits per heavy atom. The van der Waals surface area contributed by atoms with Crippen molar-refractivity contribution in [2.24, 2.45) is 0 Å². The first-order chi connectivity index (χ1) is 16.7. The highest BCUT2D eigenvalue weighted by Gasteiger charge is 2.24. The number of halogens is 1. The maximum atomic E-state index is 13.4. The second-order valence-electron chi connectivity index (χ2n) is 8.21. The Kier molecular flexibility index (Phi) is 6.84. The van der Waals surface area contributed by atoms with Crippen molar-refractivity contribution < 1.29 is 17.6 Å². The SMILES string of the molecule is CCc1ccc(NC(=O)Cn2cc(S(=O)(=O)c3ccc(F)cc3)c(=O)c3cc(CC)ccc32)cc1. The maximum absolute atomic E-state index is 13.4. The molecule has 4 aromatic rings. The molecule has 0 aliphatic carbocycles. The van der Waals surface area contributed by atoms with E-state index in [2.05, 4.69) is 5.32 Å². The monoisotopic (exact) mass is 492 g/mol. The molecule has 4 rings (SSSR count). The number of hydrogen-bond donors (Lipinski definition) is 1. The number of carbonyl (C=O) groups excluding carboxylic acids is 1. The van der Waals surface area contributed by atoms with Crippen LogP contribution in [0.5, 0.6) is 0 Å². The smallest absolute Gasteiger partial charge is 0.244 e. The van der Waals surface area contributed by atoms with Crippen LogP contribution in [0.15, 0.2) is 87.5 Å². The van der Waals surface area contributed by atoms with Crippen LogP contribution in [0.2, 0.25) is 0 Å². The van der Waals surface area contributed by atoms with Gasteiger partial charge in [-0.15, -0.1) is 0 Å². The summed E-state index contributed by atoms with van der Waals surface area (Å²) in [6, 6.07) is 16.9. The molecule has 1 amide bonds. The van der Waals surface area contributed by atoms with Gasteiger partial charge in [0.05, 0.1) is 10.4 Å². The molecule has 180 valence electrons. The number of nitrogens with zero attached hydrogens (tertiary/aromatic N) is 1. The number of rotatable bonds is 7. The van der Waals surface area contributed by atoms with Gasteiger partial charge in [0.25, 0.3) is 0 Å². The molecule has 0 fully saturated rings. The lowest BCUT2D eigenvalue weighted by Crippen LogP contribution is -2.24. The molecular formula is C27H25FN2O4S. The summed E-state index contributed by atoms with van der Waals surface area (Å²) in [5.41, 5.74) is 2.40. The Labute approximate surface area is 203 Å². The highest BCUT2D eigenvalue weighted by Crippen LogP contribution is 2.23. The van der Waals surface area contributed by atoms with Crippen molar-refractivity contribution in [2.45, 2.75) is 43.0 Å². The zero-order valence-electron chi connectivity index (χ0n) is 19.4. The van der Waals surface area contributed by atoms with E-state index in [1.54, 1.807) is 24.3 Å². The molecule has 0 aliphatic heterocycles. The molecule has 0 unspecified atom stereocenters. The van der Waals surface area contributed by atoms with Crippen LogP contribution in [-0.4, -0.2) is 18.9 Å². The number of carbonyl (C=O) groups is 1. The predicted molar refractivity (Wildman–Crippen MR) is 134 cm³/mol. The van der Waals surface area contributed by atoms with Gasteiger partial charge in [-0.05, 0) is 72.5 Å². The van der Waals surface area contributed by atoms with Gasteiger partial charge < -0.3 is 9.88 Å². The minimum absolute atomic E-state index is 0.200. The highest BCUT2D eigenvalue weighted by atomic mass is 32.2. The zero-order valence-corrected chi connectivity index (χ0v) is 20.2. The van der Waals surface area contributed by atoms with Gasteiger partial charge in [-0.1, -0.05) is 32.0 Å². The molecule has 6 nitrogen and oxygen atoms in total. The minimum atomic E-state index is -4.25. The van der Waals surface area contributed by atoms with Crippen molar-refractivity contribution in [3.8, 4) is 0 Å². The van der Waals surface area contributed by atoms with Crippen LogP contribution in [0.3, 0.4) is 0 Å². The van der Waals surface area contributed by atoms with Gasteiger partial charge in [0.2, 0.25) is 21.2 Å². The van der Waals surface area contributed by atoms with Gasteiger partial charge in [-0.2, -0.15) is 0 Å². The van der Waals surface area contributed by atoms with Crippen molar-refractivity contribution in [1.29, 1.82) is 0 Å². The Hall–Kier alpha value is -3.78. The van der Waals surface area contributed by atoms with E-state index in [9.17, 15) is 22.4 Å². The third-order valence-corrected chi connectivity index (χ3v) is 7.66. The van der Waals surface area contributed by atoms with Crippen LogP contribution < -0.4 is 10.7 Å². The van der Waals surface area contributed by atoms with Gasteiger partial charge in [0.1, 0.15) is 17.3 Å². The van der Waals surface area contributed by atoms with Crippen LogP contribution in [0.1, 0.15) is 25.0 Å². The Morgan fingerprint density at radius 3 is 2.17 bits per heavy atom. The third kappa shape index (κ3) is 5.02. The molecule has 35 heavy (non-hydrogen) atoms. The molecule has 0 saturated carbocycles. The van der Waals surface area contributed by atoms with Gasteiger partial charge in [-0.25, -0.2) is 12.8 Å². The lowest BCUT2D eigenvalue weighted by molar-refractivity contribution is -0.116. The average Bonchev–Trinajstić information content (AvgIpc) is 2.86. The van der Waals surface area contributed by atoms with E-state index in [1.807, 2.05) is 32.0 Å². The minimum Gasteiger partial charge on any atom is -0.336 e. The largest absolute Gasteiger partial charge is 0.336 e. The molecular weight excluding hydrogens is 467 g/mol. The number of amides is 1. The lowest BCUT2D eigenvalue weighted by Gasteiger charge is -2.15. The van der Waals surface area contributed by atoms with Crippen molar-refractivity contribution in [3.63, 3.8) is 0 Å².